The third kappa shape index (κ3) is 10.4. The van der Waals surface area contributed by atoms with Gasteiger partial charge in [-0.2, -0.15) is 0 Å². The lowest BCUT2D eigenvalue weighted by Gasteiger charge is -2.39. The number of nitrogens with zero attached hydrogens (tertiary/aromatic N) is 3. The second kappa shape index (κ2) is 18.7. The number of hydrogen-bond acceptors (Lipinski definition) is 9. The highest BCUT2D eigenvalue weighted by atomic mass is 32.2. The van der Waals surface area contributed by atoms with Crippen LogP contribution in [0.3, 0.4) is 0 Å². The summed E-state index contributed by atoms with van der Waals surface area (Å²) in [6.45, 7) is 10.3. The molecule has 0 bridgehead atoms. The van der Waals surface area contributed by atoms with E-state index < -0.39 is 24.2 Å². The number of methoxy groups -OCH3 is 2. The Labute approximate surface area is 304 Å². The molecule has 1 saturated heterocycles. The van der Waals surface area contributed by atoms with E-state index in [1.54, 1.807) is 26.2 Å². The first-order chi connectivity index (χ1) is 23.6. The standard InChI is InChI=1S/C37H62N6O6S/c1-11-24(4)33(42(8)31(45)22-39-36(47)32(23(2)3)41(6)7)29(48-9)21-30(44)43-20-12-13-28(43)34(49-10)25(5)35(46)40-50-27-16-14-26(15-17-27)37(38)18-19-37/h14-17,23-25,28-29,32-34H,11-13,18-22,38H2,1-10H3,(H,39,47)(H,40,46). The van der Waals surface area contributed by atoms with Crippen LogP contribution < -0.4 is 15.8 Å². The fourth-order valence-corrected chi connectivity index (χ4v) is 8.01. The van der Waals surface area contributed by atoms with Gasteiger partial charge in [0.05, 0.1) is 49.2 Å². The van der Waals surface area contributed by atoms with E-state index in [4.69, 9.17) is 15.2 Å². The van der Waals surface area contributed by atoms with Gasteiger partial charge in [-0.3, -0.25) is 28.8 Å². The minimum Gasteiger partial charge on any atom is -0.379 e. The summed E-state index contributed by atoms with van der Waals surface area (Å²) in [6, 6.07) is 6.93. The van der Waals surface area contributed by atoms with Gasteiger partial charge in [-0.1, -0.05) is 53.2 Å². The molecule has 2 fully saturated rings. The SMILES string of the molecule is CCC(C)C(C(CC(=O)N1CCCC1C(OC)C(C)C(=O)NSc1ccc(C2(N)CC2)cc1)OC)N(C)C(=O)CNC(=O)C(C(C)C)N(C)C. The van der Waals surface area contributed by atoms with Gasteiger partial charge in [0.15, 0.2) is 0 Å². The quantitative estimate of drug-likeness (QED) is 0.183. The number of nitrogens with one attached hydrogen (secondary N) is 2. The van der Waals surface area contributed by atoms with Crippen LogP contribution in [-0.4, -0.2) is 117 Å². The zero-order valence-corrected chi connectivity index (χ0v) is 32.7. The van der Waals surface area contributed by atoms with Crippen molar-refractivity contribution >= 4 is 35.6 Å². The fourth-order valence-electron chi connectivity index (χ4n) is 7.33. The Balaban J connectivity index is 1.65. The van der Waals surface area contributed by atoms with Crippen LogP contribution in [0.25, 0.3) is 0 Å². The molecule has 0 spiro atoms. The maximum absolute atomic E-state index is 14.0. The Morgan fingerprint density at radius 2 is 1.66 bits per heavy atom. The third-order valence-electron chi connectivity index (χ3n) is 10.7. The zero-order valence-electron chi connectivity index (χ0n) is 31.9. The van der Waals surface area contributed by atoms with Gasteiger partial charge >= 0.3 is 0 Å². The molecule has 0 aromatic heterocycles. The van der Waals surface area contributed by atoms with E-state index in [1.165, 1.54) is 11.9 Å². The van der Waals surface area contributed by atoms with Crippen LogP contribution in [0.15, 0.2) is 29.2 Å². The van der Waals surface area contributed by atoms with Crippen LogP contribution in [0.1, 0.15) is 78.7 Å². The van der Waals surface area contributed by atoms with Crippen LogP contribution in [0.4, 0.5) is 0 Å². The number of ether oxygens (including phenoxy) is 2. The summed E-state index contributed by atoms with van der Waals surface area (Å²) in [4.78, 5) is 59.8. The van der Waals surface area contributed by atoms with Crippen LogP contribution in [0.5, 0.6) is 0 Å². The Bertz CT molecular complexity index is 1280. The number of benzene rings is 1. The highest BCUT2D eigenvalue weighted by Gasteiger charge is 2.42. The van der Waals surface area contributed by atoms with Gasteiger partial charge in [-0.05, 0) is 81.3 Å². The predicted octanol–water partition coefficient (Wildman–Crippen LogP) is 3.38. The summed E-state index contributed by atoms with van der Waals surface area (Å²) in [5, 5.41) is 2.81. The second-order valence-corrected chi connectivity index (χ2v) is 15.6. The van der Waals surface area contributed by atoms with Gasteiger partial charge < -0.3 is 30.3 Å². The average molecular weight is 719 g/mol. The minimum atomic E-state index is -0.577. The van der Waals surface area contributed by atoms with Crippen LogP contribution >= 0.6 is 11.9 Å². The normalized spacial score (nSPS) is 20.5. The molecular weight excluding hydrogens is 657 g/mol. The smallest absolute Gasteiger partial charge is 0.242 e. The molecule has 0 radical (unpaired) electrons. The van der Waals surface area contributed by atoms with E-state index in [0.717, 1.165) is 36.1 Å². The van der Waals surface area contributed by atoms with E-state index >= 15 is 0 Å². The lowest BCUT2D eigenvalue weighted by Crippen LogP contribution is -2.55. The second-order valence-electron chi connectivity index (χ2n) is 14.8. The lowest BCUT2D eigenvalue weighted by molar-refractivity contribution is -0.145. The first-order valence-electron chi connectivity index (χ1n) is 18.0. The minimum absolute atomic E-state index is 0.0197. The number of amides is 4. The first-order valence-corrected chi connectivity index (χ1v) is 18.8. The molecule has 1 aliphatic heterocycles. The topological polar surface area (TPSA) is 147 Å². The molecule has 7 atom stereocenters. The van der Waals surface area contributed by atoms with Crippen molar-refractivity contribution in [3.05, 3.63) is 29.8 Å². The maximum Gasteiger partial charge on any atom is 0.242 e. The van der Waals surface area contributed by atoms with E-state index in [1.807, 2.05) is 82.8 Å². The summed E-state index contributed by atoms with van der Waals surface area (Å²) in [6.07, 6.45) is 3.24. The molecule has 13 heteroatoms. The zero-order chi connectivity index (χ0) is 37.3. The Hall–Kier alpha value is -2.71. The number of nitrogens with two attached hydrogens (primary N) is 1. The number of likely N-dealkylation sites (N-methyl/N-ethyl adjacent to an activating group) is 2. The summed E-state index contributed by atoms with van der Waals surface area (Å²) in [5.41, 5.74) is 7.21. The molecule has 2 aliphatic rings. The van der Waals surface area contributed by atoms with Gasteiger partial charge in [-0.25, -0.2) is 0 Å². The Kier molecular flexibility index (Phi) is 15.6. The summed E-state index contributed by atoms with van der Waals surface area (Å²) < 4.78 is 14.8. The molecule has 50 heavy (non-hydrogen) atoms. The Morgan fingerprint density at radius 1 is 1.02 bits per heavy atom. The summed E-state index contributed by atoms with van der Waals surface area (Å²) in [7, 11) is 8.55. The molecule has 7 unspecified atom stereocenters. The van der Waals surface area contributed by atoms with Crippen LogP contribution in [0.2, 0.25) is 0 Å². The maximum atomic E-state index is 14.0. The van der Waals surface area contributed by atoms with Crippen molar-refractivity contribution in [2.45, 2.75) is 114 Å². The molecule has 1 heterocycles. The third-order valence-corrected chi connectivity index (χ3v) is 11.5. The summed E-state index contributed by atoms with van der Waals surface area (Å²) in [5.74, 6) is -1.16. The number of rotatable bonds is 19. The van der Waals surface area contributed by atoms with Crippen molar-refractivity contribution in [1.82, 2.24) is 24.7 Å². The molecule has 3 rings (SSSR count). The van der Waals surface area contributed by atoms with E-state index in [0.29, 0.717) is 13.0 Å². The highest BCUT2D eigenvalue weighted by Crippen LogP contribution is 2.42. The summed E-state index contributed by atoms with van der Waals surface area (Å²) >= 11 is 1.26. The monoisotopic (exact) mass is 718 g/mol. The molecular formula is C37H62N6O6S. The van der Waals surface area contributed by atoms with Crippen molar-refractivity contribution in [3.8, 4) is 0 Å². The highest BCUT2D eigenvalue weighted by molar-refractivity contribution is 7.98. The van der Waals surface area contributed by atoms with Gasteiger partial charge in [0, 0.05) is 38.2 Å². The number of carbonyl (C=O) groups excluding carboxylic acids is 4. The van der Waals surface area contributed by atoms with Gasteiger partial charge in [-0.15, -0.1) is 0 Å². The number of likely N-dealkylation sites (tertiary alicyclic amines) is 1. The van der Waals surface area contributed by atoms with Crippen molar-refractivity contribution in [2.24, 2.45) is 23.5 Å². The van der Waals surface area contributed by atoms with Crippen molar-refractivity contribution < 1.29 is 28.7 Å². The predicted molar refractivity (Wildman–Crippen MR) is 197 cm³/mol. The molecule has 1 saturated carbocycles. The van der Waals surface area contributed by atoms with Crippen molar-refractivity contribution in [1.29, 1.82) is 0 Å². The van der Waals surface area contributed by atoms with E-state index in [-0.39, 0.29) is 66.1 Å². The van der Waals surface area contributed by atoms with Gasteiger partial charge in [0.2, 0.25) is 23.6 Å². The molecule has 4 N–H and O–H groups in total. The number of hydrogen-bond donors (Lipinski definition) is 3. The molecule has 1 aromatic rings. The van der Waals surface area contributed by atoms with E-state index in [9.17, 15) is 19.2 Å². The molecule has 12 nitrogen and oxygen atoms in total. The van der Waals surface area contributed by atoms with Crippen molar-refractivity contribution in [3.63, 3.8) is 0 Å². The molecule has 1 aromatic carbocycles. The molecule has 282 valence electrons. The van der Waals surface area contributed by atoms with E-state index in [2.05, 4.69) is 10.0 Å². The van der Waals surface area contributed by atoms with Crippen molar-refractivity contribution in [2.75, 3.05) is 48.5 Å². The van der Waals surface area contributed by atoms with Crippen LogP contribution in [0, 0.1) is 17.8 Å². The fraction of sp³-hybridized carbons (Fsp3) is 0.730. The lowest BCUT2D eigenvalue weighted by atomic mass is 9.90. The molecule has 1 aliphatic carbocycles. The Morgan fingerprint density at radius 3 is 2.18 bits per heavy atom. The average Bonchev–Trinajstić information content (AvgIpc) is 3.65. The van der Waals surface area contributed by atoms with Crippen LogP contribution in [-0.2, 0) is 34.2 Å². The number of carbonyl (C=O) groups is 4. The molecule has 4 amide bonds. The first kappa shape index (κ1) is 41.7. The largest absolute Gasteiger partial charge is 0.379 e. The van der Waals surface area contributed by atoms with Gasteiger partial charge in [0.1, 0.15) is 0 Å². The van der Waals surface area contributed by atoms with Gasteiger partial charge in [0.25, 0.3) is 0 Å².